The predicted molar refractivity (Wildman–Crippen MR) is 54.7 cm³/mol. The fraction of sp³-hybridized carbons (Fsp3) is 0.900. The van der Waals surface area contributed by atoms with E-state index in [2.05, 4.69) is 0 Å². The maximum atomic E-state index is 10.7. The van der Waals surface area contributed by atoms with Gasteiger partial charge in [-0.1, -0.05) is 0 Å². The highest BCUT2D eigenvalue weighted by atomic mass is 28.2. The van der Waals surface area contributed by atoms with Crippen LogP contribution in [0.3, 0.4) is 0 Å². The molecule has 3 heteroatoms. The zero-order valence-corrected chi connectivity index (χ0v) is 9.54. The Morgan fingerprint density at radius 1 is 1.46 bits per heavy atom. The van der Waals surface area contributed by atoms with E-state index in [1.165, 1.54) is 31.6 Å². The predicted octanol–water partition coefficient (Wildman–Crippen LogP) is 1.08. The van der Waals surface area contributed by atoms with Crippen molar-refractivity contribution in [3.05, 3.63) is 0 Å². The molecule has 2 aliphatic rings. The fourth-order valence-electron chi connectivity index (χ4n) is 2.07. The lowest BCUT2D eigenvalue weighted by Crippen LogP contribution is -2.27. The molecule has 1 unspecified atom stereocenters. The van der Waals surface area contributed by atoms with Gasteiger partial charge < -0.3 is 9.53 Å². The maximum Gasteiger partial charge on any atom is 0.125 e. The Labute approximate surface area is 81.9 Å². The minimum atomic E-state index is -0.141. The largest absolute Gasteiger partial charge is 0.382 e. The number of ether oxygens (including phenoxy) is 1. The van der Waals surface area contributed by atoms with Crippen LogP contribution >= 0.6 is 0 Å². The summed E-state index contributed by atoms with van der Waals surface area (Å²) in [7, 11) is -0.141. The van der Waals surface area contributed by atoms with E-state index in [0.717, 1.165) is 19.4 Å². The monoisotopic (exact) mass is 198 g/mol. The summed E-state index contributed by atoms with van der Waals surface area (Å²) < 4.78 is 5.69. The van der Waals surface area contributed by atoms with Crippen LogP contribution in [0.15, 0.2) is 0 Å². The molecular weight excluding hydrogens is 180 g/mol. The molecule has 1 saturated heterocycles. The van der Waals surface area contributed by atoms with Crippen LogP contribution in [-0.2, 0) is 9.53 Å². The number of carbonyl (C=O) groups excluding carboxylic acids is 1. The van der Waals surface area contributed by atoms with E-state index in [9.17, 15) is 4.79 Å². The van der Waals surface area contributed by atoms with Gasteiger partial charge in [-0.2, -0.15) is 0 Å². The zero-order chi connectivity index (χ0) is 9.15. The van der Waals surface area contributed by atoms with Gasteiger partial charge in [-0.15, -0.1) is 0 Å². The van der Waals surface area contributed by atoms with Crippen molar-refractivity contribution in [2.24, 2.45) is 5.41 Å². The summed E-state index contributed by atoms with van der Waals surface area (Å²) in [6, 6.07) is 1.20. The Bertz CT molecular complexity index is 183. The van der Waals surface area contributed by atoms with Gasteiger partial charge in [0.15, 0.2) is 0 Å². The summed E-state index contributed by atoms with van der Waals surface area (Å²) in [4.78, 5) is 10.7. The average Bonchev–Trinajstić information content (AvgIpc) is 2.97. The molecular formula is C10H18O2Si. The maximum absolute atomic E-state index is 10.7. The van der Waals surface area contributed by atoms with Crippen molar-refractivity contribution in [1.29, 1.82) is 0 Å². The van der Waals surface area contributed by atoms with Crippen LogP contribution in [0.2, 0.25) is 6.04 Å². The Kier molecular flexibility index (Phi) is 2.84. The molecule has 74 valence electrons. The summed E-state index contributed by atoms with van der Waals surface area (Å²) in [6.45, 7) is 0.964. The molecule has 2 rings (SSSR count). The minimum absolute atomic E-state index is 0.141. The number of aldehydes is 1. The van der Waals surface area contributed by atoms with Gasteiger partial charge in [-0.05, 0) is 38.1 Å². The molecule has 1 aliphatic heterocycles. The number of rotatable bonds is 4. The van der Waals surface area contributed by atoms with Gasteiger partial charge >= 0.3 is 0 Å². The first-order chi connectivity index (χ1) is 6.35. The van der Waals surface area contributed by atoms with Gasteiger partial charge in [0.2, 0.25) is 0 Å². The van der Waals surface area contributed by atoms with Crippen molar-refractivity contribution in [3.8, 4) is 0 Å². The smallest absolute Gasteiger partial charge is 0.125 e. The topological polar surface area (TPSA) is 26.3 Å². The Hall–Kier alpha value is -0.153. The molecule has 13 heavy (non-hydrogen) atoms. The van der Waals surface area contributed by atoms with Gasteiger partial charge in [-0.3, -0.25) is 0 Å². The standard InChI is InChI=1S/C10H18O2Si/c11-7-10(4-5-10)8-13-9-3-1-2-6-12-9/h7,9H,1-6,8,13H2. The summed E-state index contributed by atoms with van der Waals surface area (Å²) in [5, 5.41) is 0. The Balaban J connectivity index is 1.69. The fourth-order valence-corrected chi connectivity index (χ4v) is 4.50. The highest BCUT2D eigenvalue weighted by molar-refractivity contribution is 6.38. The second-order valence-corrected chi connectivity index (χ2v) is 6.50. The molecule has 0 aromatic rings. The van der Waals surface area contributed by atoms with E-state index in [1.54, 1.807) is 0 Å². The van der Waals surface area contributed by atoms with Crippen LogP contribution < -0.4 is 0 Å². The third-order valence-electron chi connectivity index (χ3n) is 3.38. The number of carbonyl (C=O) groups is 1. The van der Waals surface area contributed by atoms with Crippen LogP contribution in [0.25, 0.3) is 0 Å². The molecule has 1 aliphatic carbocycles. The first kappa shape index (κ1) is 9.40. The lowest BCUT2D eigenvalue weighted by Gasteiger charge is -2.23. The van der Waals surface area contributed by atoms with Gasteiger partial charge in [-0.25, -0.2) is 0 Å². The molecule has 1 saturated carbocycles. The number of hydrogen-bond acceptors (Lipinski definition) is 2. The highest BCUT2D eigenvalue weighted by Gasteiger charge is 2.42. The lowest BCUT2D eigenvalue weighted by molar-refractivity contribution is -0.111. The van der Waals surface area contributed by atoms with Crippen molar-refractivity contribution < 1.29 is 9.53 Å². The first-order valence-electron chi connectivity index (χ1n) is 5.43. The third kappa shape index (κ3) is 2.41. The molecule has 0 amide bonds. The molecule has 0 aromatic heterocycles. The molecule has 2 fully saturated rings. The molecule has 0 aromatic carbocycles. The van der Waals surface area contributed by atoms with E-state index in [0.29, 0.717) is 5.73 Å². The second kappa shape index (κ2) is 3.92. The van der Waals surface area contributed by atoms with Gasteiger partial charge in [0, 0.05) is 17.7 Å². The Morgan fingerprint density at radius 3 is 2.85 bits per heavy atom. The van der Waals surface area contributed by atoms with Crippen molar-refractivity contribution in [2.45, 2.75) is 43.9 Å². The zero-order valence-electron chi connectivity index (χ0n) is 8.13. The summed E-state index contributed by atoms with van der Waals surface area (Å²) in [5.41, 5.74) is 0.735. The third-order valence-corrected chi connectivity index (χ3v) is 5.95. The summed E-state index contributed by atoms with van der Waals surface area (Å²) in [6.07, 6.45) is 7.34. The highest BCUT2D eigenvalue weighted by Crippen LogP contribution is 2.47. The van der Waals surface area contributed by atoms with Gasteiger partial charge in [0.1, 0.15) is 6.29 Å². The van der Waals surface area contributed by atoms with Crippen molar-refractivity contribution in [1.82, 2.24) is 0 Å². The SMILES string of the molecule is O=CC1(C[SiH2]C2CCCCO2)CC1. The van der Waals surface area contributed by atoms with Crippen molar-refractivity contribution in [2.75, 3.05) is 6.61 Å². The molecule has 1 heterocycles. The van der Waals surface area contributed by atoms with Gasteiger partial charge in [0.25, 0.3) is 0 Å². The van der Waals surface area contributed by atoms with Crippen molar-refractivity contribution >= 4 is 15.8 Å². The summed E-state index contributed by atoms with van der Waals surface area (Å²) in [5.74, 6) is 0. The van der Waals surface area contributed by atoms with E-state index < -0.39 is 0 Å². The van der Waals surface area contributed by atoms with Crippen LogP contribution in [0.5, 0.6) is 0 Å². The lowest BCUT2D eigenvalue weighted by atomic mass is 10.2. The molecule has 0 spiro atoms. The minimum Gasteiger partial charge on any atom is -0.382 e. The summed E-state index contributed by atoms with van der Waals surface area (Å²) >= 11 is 0. The van der Waals surface area contributed by atoms with Crippen molar-refractivity contribution in [3.63, 3.8) is 0 Å². The van der Waals surface area contributed by atoms with Crippen LogP contribution in [0, 0.1) is 5.41 Å². The first-order valence-corrected chi connectivity index (χ1v) is 7.24. The molecule has 1 atom stereocenters. The van der Waals surface area contributed by atoms with Crippen LogP contribution in [-0.4, -0.2) is 28.1 Å². The van der Waals surface area contributed by atoms with E-state index >= 15 is 0 Å². The molecule has 0 N–H and O–H groups in total. The van der Waals surface area contributed by atoms with Crippen LogP contribution in [0.4, 0.5) is 0 Å². The number of hydrogen-bond donors (Lipinski definition) is 0. The quantitative estimate of drug-likeness (QED) is 0.499. The van der Waals surface area contributed by atoms with Gasteiger partial charge in [0.05, 0.1) is 9.52 Å². The van der Waals surface area contributed by atoms with E-state index in [-0.39, 0.29) is 14.9 Å². The van der Waals surface area contributed by atoms with Crippen LogP contribution in [0.1, 0.15) is 32.1 Å². The Morgan fingerprint density at radius 2 is 2.31 bits per heavy atom. The second-order valence-electron chi connectivity index (χ2n) is 4.51. The molecule has 2 nitrogen and oxygen atoms in total. The molecule has 0 bridgehead atoms. The van der Waals surface area contributed by atoms with E-state index in [1.807, 2.05) is 0 Å². The average molecular weight is 198 g/mol. The van der Waals surface area contributed by atoms with E-state index in [4.69, 9.17) is 4.74 Å². The normalized spacial score (nSPS) is 32.2. The molecule has 0 radical (unpaired) electrons.